The molecule has 362 valence electrons. The zero-order chi connectivity index (χ0) is 49.7. The molecule has 0 aliphatic heterocycles. The Labute approximate surface area is 404 Å². The third-order valence-corrected chi connectivity index (χ3v) is 11.2. The monoisotopic (exact) mass is 959 g/mol. The molecule has 0 saturated carbocycles. The second kappa shape index (κ2) is 23.2. The number of azo groups is 1. The molecule has 0 unspecified atom stereocenters. The van der Waals surface area contributed by atoms with Crippen molar-refractivity contribution in [3.63, 3.8) is 0 Å². The molecule has 0 bridgehead atoms. The molecule has 6 aromatic rings. The van der Waals surface area contributed by atoms with E-state index in [9.17, 15) is 28.8 Å². The van der Waals surface area contributed by atoms with Crippen molar-refractivity contribution in [2.24, 2.45) is 38.4 Å². The minimum absolute atomic E-state index is 0.233. The van der Waals surface area contributed by atoms with Crippen LogP contribution < -0.4 is 26.6 Å². The summed E-state index contributed by atoms with van der Waals surface area (Å²) in [6.45, 7) is 5.91. The predicted molar refractivity (Wildman–Crippen MR) is 266 cm³/mol. The normalized spacial score (nSPS) is 11.3. The molecule has 0 radical (unpaired) electrons. The Balaban J connectivity index is 0.880. The van der Waals surface area contributed by atoms with E-state index >= 15 is 0 Å². The minimum Gasteiger partial charge on any atom is -0.465 e. The second-order valence-electron chi connectivity index (χ2n) is 17.1. The van der Waals surface area contributed by atoms with Crippen molar-refractivity contribution >= 4 is 81.6 Å². The average molecular weight is 960 g/mol. The minimum atomic E-state index is -0.688. The summed E-state index contributed by atoms with van der Waals surface area (Å²) < 4.78 is 16.9. The van der Waals surface area contributed by atoms with E-state index in [2.05, 4.69) is 36.8 Å². The summed E-state index contributed by atoms with van der Waals surface area (Å²) in [7, 11) is 6.66. The Morgan fingerprint density at radius 1 is 0.580 bits per heavy atom. The number of carbonyl (C=O) groups excluding carboxylic acids is 6. The topological polar surface area (TPSA) is 225 Å². The molecule has 0 spiro atoms. The molecule has 0 aliphatic rings. The van der Waals surface area contributed by atoms with E-state index in [1.165, 1.54) is 18.2 Å². The third-order valence-electron chi connectivity index (χ3n) is 10.2. The molecule has 6 rings (SSSR count). The van der Waals surface area contributed by atoms with Crippen LogP contribution in [0.2, 0.25) is 0 Å². The molecular formula is C49H57N11O8S. The number of nitrogens with one attached hydrogen (secondary N) is 5. The zero-order valence-corrected chi connectivity index (χ0v) is 40.4. The van der Waals surface area contributed by atoms with Gasteiger partial charge in [0.1, 0.15) is 35.0 Å². The first kappa shape index (κ1) is 50.5. The van der Waals surface area contributed by atoms with Gasteiger partial charge in [0.05, 0.1) is 34.1 Å². The Hall–Kier alpha value is -7.87. The molecule has 4 aromatic heterocycles. The summed E-state index contributed by atoms with van der Waals surface area (Å²) in [6, 6.07) is 23.5. The summed E-state index contributed by atoms with van der Waals surface area (Å²) in [5, 5.41) is 22.3. The predicted octanol–water partition coefficient (Wildman–Crippen LogP) is 8.94. The van der Waals surface area contributed by atoms with Crippen molar-refractivity contribution in [2.75, 3.05) is 40.2 Å². The second-order valence-corrected chi connectivity index (χ2v) is 18.2. The number of benzene rings is 2. The van der Waals surface area contributed by atoms with Crippen molar-refractivity contribution < 1.29 is 38.2 Å². The Morgan fingerprint density at radius 2 is 1.03 bits per heavy atom. The van der Waals surface area contributed by atoms with Gasteiger partial charge in [-0.1, -0.05) is 30.3 Å². The Morgan fingerprint density at radius 3 is 1.51 bits per heavy atom. The van der Waals surface area contributed by atoms with Crippen LogP contribution in [0.4, 0.5) is 38.9 Å². The van der Waals surface area contributed by atoms with E-state index in [1.807, 2.05) is 54.6 Å². The molecule has 20 heteroatoms. The number of ether oxygens (including phenoxy) is 2. The number of esters is 1. The number of rotatable bonds is 20. The number of unbranched alkanes of at least 4 members (excludes halogenated alkanes) is 1. The highest BCUT2D eigenvalue weighted by atomic mass is 32.2. The Bertz CT molecular complexity index is 2820. The number of hydrogen-bond donors (Lipinski definition) is 5. The highest BCUT2D eigenvalue weighted by Crippen LogP contribution is 2.23. The number of hydrogen-bond acceptors (Lipinski definition) is 11. The number of thioether (sulfide) groups is 1. The fraction of sp³-hybridized carbons (Fsp3) is 0.306. The van der Waals surface area contributed by atoms with Crippen LogP contribution in [0.15, 0.2) is 114 Å². The van der Waals surface area contributed by atoms with E-state index in [4.69, 9.17) is 9.47 Å². The molecule has 19 nitrogen and oxygen atoms in total. The summed E-state index contributed by atoms with van der Waals surface area (Å²) in [5.74, 6) is -0.594. The van der Waals surface area contributed by atoms with E-state index < -0.39 is 29.4 Å². The van der Waals surface area contributed by atoms with Crippen molar-refractivity contribution in [3.05, 3.63) is 132 Å². The van der Waals surface area contributed by atoms with Gasteiger partial charge in [-0.3, -0.25) is 29.3 Å². The molecule has 2 aromatic carbocycles. The molecule has 4 heterocycles. The molecule has 0 aliphatic carbocycles. The smallest absolute Gasteiger partial charge is 0.412 e. The van der Waals surface area contributed by atoms with Crippen molar-refractivity contribution in [1.82, 2.24) is 23.6 Å². The van der Waals surface area contributed by atoms with Crippen LogP contribution in [0.5, 0.6) is 0 Å². The van der Waals surface area contributed by atoms with Gasteiger partial charge in [-0.25, -0.2) is 4.79 Å². The van der Waals surface area contributed by atoms with Crippen LogP contribution >= 0.6 is 11.8 Å². The van der Waals surface area contributed by atoms with Gasteiger partial charge in [-0.15, -0.1) is 0 Å². The lowest BCUT2D eigenvalue weighted by molar-refractivity contribution is -0.143. The van der Waals surface area contributed by atoms with Crippen LogP contribution in [0.25, 0.3) is 0 Å². The molecule has 5 N–H and O–H groups in total. The number of aromatic nitrogens is 4. The number of amides is 5. The molecular weight excluding hydrogens is 903 g/mol. The molecule has 0 fully saturated rings. The molecule has 5 amide bonds. The van der Waals surface area contributed by atoms with Crippen molar-refractivity contribution in [2.45, 2.75) is 51.4 Å². The van der Waals surface area contributed by atoms with Crippen molar-refractivity contribution in [1.29, 1.82) is 0 Å². The summed E-state index contributed by atoms with van der Waals surface area (Å²) in [6.07, 6.45) is 7.08. The summed E-state index contributed by atoms with van der Waals surface area (Å²) in [4.78, 5) is 77.3. The maximum atomic E-state index is 13.4. The first-order chi connectivity index (χ1) is 32.9. The largest absolute Gasteiger partial charge is 0.465 e. The van der Waals surface area contributed by atoms with Crippen LogP contribution in [0.1, 0.15) is 87.6 Å². The van der Waals surface area contributed by atoms with Crippen LogP contribution in [0.3, 0.4) is 0 Å². The number of nitrogens with zero attached hydrogens (tertiary/aromatic N) is 6. The zero-order valence-electron chi connectivity index (χ0n) is 39.6. The summed E-state index contributed by atoms with van der Waals surface area (Å²) in [5.41, 5.74) is 4.55. The highest BCUT2D eigenvalue weighted by molar-refractivity contribution is 7.98. The quantitative estimate of drug-likeness (QED) is 0.0279. The lowest BCUT2D eigenvalue weighted by atomic mass is 10.2. The van der Waals surface area contributed by atoms with Crippen LogP contribution in [-0.2, 0) is 48.2 Å². The highest BCUT2D eigenvalue weighted by Gasteiger charge is 2.21. The van der Waals surface area contributed by atoms with Gasteiger partial charge >= 0.3 is 12.1 Å². The van der Waals surface area contributed by atoms with Gasteiger partial charge in [0, 0.05) is 77.4 Å². The van der Waals surface area contributed by atoms with Gasteiger partial charge in [-0.05, 0) is 87.7 Å². The van der Waals surface area contributed by atoms with E-state index in [1.54, 1.807) is 110 Å². The lowest BCUT2D eigenvalue weighted by Crippen LogP contribution is -2.27. The molecule has 69 heavy (non-hydrogen) atoms. The van der Waals surface area contributed by atoms with Crippen molar-refractivity contribution in [3.8, 4) is 0 Å². The van der Waals surface area contributed by atoms with Gasteiger partial charge in [0.2, 0.25) is 0 Å². The maximum Gasteiger partial charge on any atom is 0.412 e. The molecule has 0 atom stereocenters. The van der Waals surface area contributed by atoms with Gasteiger partial charge in [0.25, 0.3) is 23.6 Å². The van der Waals surface area contributed by atoms with Gasteiger partial charge < -0.3 is 49.0 Å². The van der Waals surface area contributed by atoms with Crippen LogP contribution in [0, 0.1) is 0 Å². The summed E-state index contributed by atoms with van der Waals surface area (Å²) >= 11 is 1.67. The number of aryl methyl sites for hydroxylation is 4. The van der Waals surface area contributed by atoms with E-state index in [0.29, 0.717) is 60.2 Å². The first-order valence-corrected chi connectivity index (χ1v) is 23.2. The fourth-order valence-corrected chi connectivity index (χ4v) is 7.65. The van der Waals surface area contributed by atoms with Gasteiger partial charge in [-0.2, -0.15) is 22.0 Å². The molecule has 0 saturated heterocycles. The SMILES string of the molecule is Cn1cc(NC(=O)c2cc(NC(=O)c3cc(NC(=O)c4cc(NC(=O)OC(C)(C)C)cn4C)cn3C)cn2C)cc1C(=O)NCCCCC(=O)OCCSCc1ccc(N=Nc2ccccc2)cc1. The average Bonchev–Trinajstić information content (AvgIpc) is 4.06. The standard InChI is InChI=1S/C49H57N11O8S/c1-49(2,3)68-48(66)54-38-26-42(60(7)30-38)47(65)53-37-25-41(59(6)29-37)46(64)52-36-24-40(58(5)28-36)45(63)51-35-23-39(57(4)27-35)44(62)50-20-12-11-15-43(61)67-21-22-69-31-32-16-18-34(19-17-32)56-55-33-13-9-8-10-14-33/h8-10,13-14,16-19,23-30H,11-12,15,20-22,31H2,1-7H3,(H,50,62)(H,51,63)(H,52,64)(H,53,65)(H,54,66). The van der Waals surface area contributed by atoms with Gasteiger partial charge in [0.15, 0.2) is 0 Å². The third kappa shape index (κ3) is 15.1. The van der Waals surface area contributed by atoms with E-state index in [0.717, 1.165) is 22.7 Å². The lowest BCUT2D eigenvalue weighted by Gasteiger charge is -2.19. The maximum absolute atomic E-state index is 13.4. The fourth-order valence-electron chi connectivity index (χ4n) is 6.87. The first-order valence-electron chi connectivity index (χ1n) is 22.1. The number of carbonyl (C=O) groups is 6. The Kier molecular flexibility index (Phi) is 17.0. The van der Waals surface area contributed by atoms with E-state index in [-0.39, 0.29) is 35.4 Å². The van der Waals surface area contributed by atoms with Crippen LogP contribution in [-0.4, -0.2) is 78.5 Å². The number of anilines is 4.